The molecular formula is C24H25ClFNO2. The van der Waals surface area contributed by atoms with E-state index in [0.29, 0.717) is 29.7 Å². The molecule has 0 saturated heterocycles. The van der Waals surface area contributed by atoms with Gasteiger partial charge in [0.05, 0.1) is 11.6 Å². The second-order valence-electron chi connectivity index (χ2n) is 6.92. The van der Waals surface area contributed by atoms with E-state index in [4.69, 9.17) is 21.1 Å². The molecular weight excluding hydrogens is 389 g/mol. The van der Waals surface area contributed by atoms with Crippen LogP contribution in [0.1, 0.15) is 29.2 Å². The van der Waals surface area contributed by atoms with Gasteiger partial charge in [-0.05, 0) is 67.8 Å². The van der Waals surface area contributed by atoms with Gasteiger partial charge in [-0.25, -0.2) is 4.39 Å². The lowest BCUT2D eigenvalue weighted by Crippen LogP contribution is -2.04. The summed E-state index contributed by atoms with van der Waals surface area (Å²) in [6, 6.07) is 16.3. The first kappa shape index (κ1) is 21.0. The predicted molar refractivity (Wildman–Crippen MR) is 117 cm³/mol. The Morgan fingerprint density at radius 1 is 0.931 bits per heavy atom. The molecule has 0 aliphatic rings. The summed E-state index contributed by atoms with van der Waals surface area (Å²) in [6.45, 7) is 7.47. The lowest BCUT2D eigenvalue weighted by Gasteiger charge is -2.16. The Kier molecular flexibility index (Phi) is 6.99. The third-order valence-corrected chi connectivity index (χ3v) is 4.81. The maximum Gasteiger partial charge on any atom is 0.180 e. The topological polar surface area (TPSA) is 30.5 Å². The summed E-state index contributed by atoms with van der Waals surface area (Å²) < 4.78 is 24.7. The Hall–Kier alpha value is -2.72. The Balaban J connectivity index is 1.75. The summed E-state index contributed by atoms with van der Waals surface area (Å²) in [7, 11) is 0. The minimum absolute atomic E-state index is 0.276. The highest BCUT2D eigenvalue weighted by molar-refractivity contribution is 6.32. The van der Waals surface area contributed by atoms with E-state index in [1.807, 2.05) is 19.1 Å². The zero-order valence-corrected chi connectivity index (χ0v) is 17.6. The molecule has 0 bridgehead atoms. The highest BCUT2D eigenvalue weighted by Crippen LogP contribution is 2.37. The summed E-state index contributed by atoms with van der Waals surface area (Å²) in [5.41, 5.74) is 5.36. The first-order valence-corrected chi connectivity index (χ1v) is 9.97. The first-order valence-electron chi connectivity index (χ1n) is 9.60. The standard InChI is InChI=1S/C24H25ClFNO2/c1-4-28-23-13-19(14-27-22-10-5-16(2)11-17(22)3)12-21(25)24(23)29-15-18-6-8-20(26)9-7-18/h5-13,27H,4,14-15H2,1-3H3. The first-order chi connectivity index (χ1) is 14.0. The van der Waals surface area contributed by atoms with E-state index in [9.17, 15) is 4.39 Å². The maximum atomic E-state index is 13.1. The van der Waals surface area contributed by atoms with Crippen molar-refractivity contribution < 1.29 is 13.9 Å². The minimum atomic E-state index is -0.276. The molecule has 0 aliphatic heterocycles. The zero-order valence-electron chi connectivity index (χ0n) is 16.9. The van der Waals surface area contributed by atoms with Crippen LogP contribution >= 0.6 is 11.6 Å². The second kappa shape index (κ2) is 9.66. The van der Waals surface area contributed by atoms with Gasteiger partial charge in [0.2, 0.25) is 0 Å². The molecule has 0 saturated carbocycles. The summed E-state index contributed by atoms with van der Waals surface area (Å²) in [4.78, 5) is 0. The highest BCUT2D eigenvalue weighted by atomic mass is 35.5. The monoisotopic (exact) mass is 413 g/mol. The highest BCUT2D eigenvalue weighted by Gasteiger charge is 2.13. The average Bonchev–Trinajstić information content (AvgIpc) is 2.68. The average molecular weight is 414 g/mol. The van der Waals surface area contributed by atoms with Crippen LogP contribution in [0.2, 0.25) is 5.02 Å². The van der Waals surface area contributed by atoms with Crippen LogP contribution < -0.4 is 14.8 Å². The number of ether oxygens (including phenoxy) is 2. The van der Waals surface area contributed by atoms with Crippen LogP contribution in [-0.2, 0) is 13.2 Å². The van der Waals surface area contributed by atoms with Gasteiger partial charge < -0.3 is 14.8 Å². The zero-order chi connectivity index (χ0) is 20.8. The Labute approximate surface area is 176 Å². The quantitative estimate of drug-likeness (QED) is 0.446. The van der Waals surface area contributed by atoms with Crippen LogP contribution in [0.5, 0.6) is 11.5 Å². The number of hydrogen-bond acceptors (Lipinski definition) is 3. The van der Waals surface area contributed by atoms with Crippen LogP contribution in [0.4, 0.5) is 10.1 Å². The van der Waals surface area contributed by atoms with Crippen molar-refractivity contribution in [2.45, 2.75) is 33.9 Å². The van der Waals surface area contributed by atoms with Gasteiger partial charge in [0.1, 0.15) is 12.4 Å². The van der Waals surface area contributed by atoms with Crippen molar-refractivity contribution in [3.63, 3.8) is 0 Å². The molecule has 0 spiro atoms. The lowest BCUT2D eigenvalue weighted by atomic mass is 10.1. The van der Waals surface area contributed by atoms with Gasteiger partial charge in [0, 0.05) is 12.2 Å². The molecule has 0 atom stereocenters. The van der Waals surface area contributed by atoms with Crippen molar-refractivity contribution in [1.82, 2.24) is 0 Å². The smallest absolute Gasteiger partial charge is 0.180 e. The molecule has 0 radical (unpaired) electrons. The van der Waals surface area contributed by atoms with Crippen molar-refractivity contribution >= 4 is 17.3 Å². The van der Waals surface area contributed by atoms with E-state index in [0.717, 1.165) is 16.8 Å². The molecule has 0 heterocycles. The molecule has 29 heavy (non-hydrogen) atoms. The molecule has 152 valence electrons. The van der Waals surface area contributed by atoms with Gasteiger partial charge in [0.25, 0.3) is 0 Å². The molecule has 0 unspecified atom stereocenters. The van der Waals surface area contributed by atoms with Crippen molar-refractivity contribution in [2.24, 2.45) is 0 Å². The Morgan fingerprint density at radius 2 is 1.69 bits per heavy atom. The van der Waals surface area contributed by atoms with Crippen LogP contribution in [-0.4, -0.2) is 6.61 Å². The number of aryl methyl sites for hydroxylation is 2. The van der Waals surface area contributed by atoms with E-state index in [2.05, 4.69) is 37.4 Å². The molecule has 1 N–H and O–H groups in total. The number of benzene rings is 3. The van der Waals surface area contributed by atoms with Crippen molar-refractivity contribution in [3.05, 3.63) is 87.7 Å². The summed E-state index contributed by atoms with van der Waals surface area (Å²) in [5, 5.41) is 3.93. The van der Waals surface area contributed by atoms with E-state index in [1.165, 1.54) is 23.3 Å². The van der Waals surface area contributed by atoms with Crippen molar-refractivity contribution in [2.75, 3.05) is 11.9 Å². The Bertz CT molecular complexity index is 973. The SMILES string of the molecule is CCOc1cc(CNc2ccc(C)cc2C)cc(Cl)c1OCc1ccc(F)cc1. The van der Waals surface area contributed by atoms with Crippen LogP contribution in [0.25, 0.3) is 0 Å². The van der Waals surface area contributed by atoms with Crippen molar-refractivity contribution in [1.29, 1.82) is 0 Å². The van der Waals surface area contributed by atoms with Gasteiger partial charge in [-0.15, -0.1) is 0 Å². The van der Waals surface area contributed by atoms with Crippen molar-refractivity contribution in [3.8, 4) is 11.5 Å². The van der Waals surface area contributed by atoms with Gasteiger partial charge in [-0.2, -0.15) is 0 Å². The molecule has 3 rings (SSSR count). The fourth-order valence-corrected chi connectivity index (χ4v) is 3.36. The molecule has 0 amide bonds. The fourth-order valence-electron chi connectivity index (χ4n) is 3.07. The molecule has 0 fully saturated rings. The fraction of sp³-hybridized carbons (Fsp3) is 0.250. The van der Waals surface area contributed by atoms with Crippen LogP contribution in [0.3, 0.4) is 0 Å². The van der Waals surface area contributed by atoms with E-state index < -0.39 is 0 Å². The summed E-state index contributed by atoms with van der Waals surface area (Å²) in [5.74, 6) is 0.815. The van der Waals surface area contributed by atoms with E-state index in [1.54, 1.807) is 12.1 Å². The summed E-state index contributed by atoms with van der Waals surface area (Å²) >= 11 is 6.50. The molecule has 3 nitrogen and oxygen atoms in total. The molecule has 0 aliphatic carbocycles. The molecule has 5 heteroatoms. The summed E-state index contributed by atoms with van der Waals surface area (Å²) in [6.07, 6.45) is 0. The number of rotatable bonds is 8. The number of anilines is 1. The van der Waals surface area contributed by atoms with E-state index in [-0.39, 0.29) is 12.4 Å². The second-order valence-corrected chi connectivity index (χ2v) is 7.33. The molecule has 3 aromatic rings. The van der Waals surface area contributed by atoms with E-state index >= 15 is 0 Å². The lowest BCUT2D eigenvalue weighted by molar-refractivity contribution is 0.269. The largest absolute Gasteiger partial charge is 0.490 e. The molecule has 0 aromatic heterocycles. The van der Waals surface area contributed by atoms with Crippen LogP contribution in [0, 0.1) is 19.7 Å². The third kappa shape index (κ3) is 5.64. The molecule has 3 aromatic carbocycles. The van der Waals surface area contributed by atoms with Gasteiger partial charge >= 0.3 is 0 Å². The van der Waals surface area contributed by atoms with Gasteiger partial charge in [0.15, 0.2) is 11.5 Å². The Morgan fingerprint density at radius 3 is 2.38 bits per heavy atom. The maximum absolute atomic E-state index is 13.1. The number of nitrogens with one attached hydrogen (secondary N) is 1. The number of hydrogen-bond donors (Lipinski definition) is 1. The third-order valence-electron chi connectivity index (χ3n) is 4.53. The number of halogens is 2. The normalized spacial score (nSPS) is 10.7. The van der Waals surface area contributed by atoms with Gasteiger partial charge in [-0.3, -0.25) is 0 Å². The van der Waals surface area contributed by atoms with Crippen LogP contribution in [0.15, 0.2) is 54.6 Å². The van der Waals surface area contributed by atoms with Gasteiger partial charge in [-0.1, -0.05) is 41.4 Å². The predicted octanol–water partition coefficient (Wildman–Crippen LogP) is 6.69. The minimum Gasteiger partial charge on any atom is -0.490 e.